The number of hydrogen-bond acceptors (Lipinski definition) is 2. The molecule has 0 N–H and O–H groups in total. The van der Waals surface area contributed by atoms with E-state index in [1.165, 1.54) is 0 Å². The topological polar surface area (TPSA) is 33.0 Å². The van der Waals surface area contributed by atoms with Gasteiger partial charge in [0.15, 0.2) is 0 Å². The third-order valence-corrected chi connectivity index (χ3v) is 3.09. The van der Waals surface area contributed by atoms with Crippen LogP contribution in [0, 0.1) is 18.3 Å². The van der Waals surface area contributed by atoms with Gasteiger partial charge in [0, 0.05) is 4.47 Å². The first-order valence-electron chi connectivity index (χ1n) is 4.68. The summed E-state index contributed by atoms with van der Waals surface area (Å²) in [6.45, 7) is 5.76. The molecule has 0 unspecified atom stereocenters. The van der Waals surface area contributed by atoms with Gasteiger partial charge in [0.2, 0.25) is 0 Å². The number of nitriles is 1. The van der Waals surface area contributed by atoms with E-state index in [2.05, 4.69) is 22.0 Å². The number of rotatable bonds is 2. The molecular weight excluding hydrogens is 254 g/mol. The normalized spacial score (nSPS) is 10.9. The fourth-order valence-corrected chi connectivity index (χ4v) is 2.37. The van der Waals surface area contributed by atoms with Gasteiger partial charge in [-0.25, -0.2) is 0 Å². The Morgan fingerprint density at radius 2 is 2.00 bits per heavy atom. The average molecular weight is 268 g/mol. The predicted molar refractivity (Wildman–Crippen MR) is 64.1 cm³/mol. The van der Waals surface area contributed by atoms with Crippen LogP contribution in [0.2, 0.25) is 0 Å². The highest BCUT2D eigenvalue weighted by Crippen LogP contribution is 2.34. The lowest BCUT2D eigenvalue weighted by Gasteiger charge is -2.19. The molecule has 0 aliphatic carbocycles. The highest BCUT2D eigenvalue weighted by molar-refractivity contribution is 9.10. The monoisotopic (exact) mass is 267 g/mol. The van der Waals surface area contributed by atoms with Gasteiger partial charge >= 0.3 is 0 Å². The van der Waals surface area contributed by atoms with Crippen LogP contribution in [0.25, 0.3) is 0 Å². The molecule has 0 fully saturated rings. The number of nitrogens with zero attached hydrogens (tertiary/aromatic N) is 1. The molecule has 0 aliphatic rings. The van der Waals surface area contributed by atoms with Gasteiger partial charge in [0.05, 0.1) is 18.6 Å². The van der Waals surface area contributed by atoms with E-state index in [9.17, 15) is 0 Å². The second kappa shape index (κ2) is 4.24. The van der Waals surface area contributed by atoms with E-state index in [-0.39, 0.29) is 0 Å². The first-order valence-corrected chi connectivity index (χ1v) is 5.47. The molecule has 0 amide bonds. The fourth-order valence-electron chi connectivity index (χ4n) is 1.41. The molecule has 2 nitrogen and oxygen atoms in total. The van der Waals surface area contributed by atoms with Crippen molar-refractivity contribution in [2.45, 2.75) is 26.2 Å². The maximum absolute atomic E-state index is 9.09. The van der Waals surface area contributed by atoms with Crippen molar-refractivity contribution in [1.82, 2.24) is 0 Å². The largest absolute Gasteiger partial charge is 0.496 e. The summed E-state index contributed by atoms with van der Waals surface area (Å²) in [4.78, 5) is 0. The molecule has 0 spiro atoms. The number of aryl methyl sites for hydroxylation is 1. The smallest absolute Gasteiger partial charge is 0.122 e. The molecule has 0 aromatic heterocycles. The summed E-state index contributed by atoms with van der Waals surface area (Å²) in [7, 11) is 1.64. The van der Waals surface area contributed by atoms with Crippen molar-refractivity contribution in [1.29, 1.82) is 5.26 Å². The zero-order chi connectivity index (χ0) is 11.6. The molecule has 0 saturated carbocycles. The van der Waals surface area contributed by atoms with Gasteiger partial charge in [-0.15, -0.1) is 0 Å². The van der Waals surface area contributed by atoms with Crippen LogP contribution < -0.4 is 4.74 Å². The molecular formula is C12H14BrNO. The quantitative estimate of drug-likeness (QED) is 0.821. The Morgan fingerprint density at radius 1 is 1.40 bits per heavy atom. The van der Waals surface area contributed by atoms with Crippen molar-refractivity contribution in [3.05, 3.63) is 27.7 Å². The van der Waals surface area contributed by atoms with Crippen molar-refractivity contribution in [3.8, 4) is 11.8 Å². The summed E-state index contributed by atoms with van der Waals surface area (Å²) >= 11 is 3.48. The molecule has 0 radical (unpaired) electrons. The third kappa shape index (κ3) is 2.32. The Hall–Kier alpha value is -1.01. The third-order valence-electron chi connectivity index (χ3n) is 2.44. The van der Waals surface area contributed by atoms with E-state index >= 15 is 0 Å². The van der Waals surface area contributed by atoms with Crippen molar-refractivity contribution in [3.63, 3.8) is 0 Å². The Kier molecular flexibility index (Phi) is 3.41. The molecule has 1 aromatic carbocycles. The van der Waals surface area contributed by atoms with Crippen molar-refractivity contribution < 1.29 is 4.74 Å². The van der Waals surface area contributed by atoms with E-state index in [4.69, 9.17) is 10.00 Å². The van der Waals surface area contributed by atoms with Crippen LogP contribution >= 0.6 is 15.9 Å². The predicted octanol–water partition coefficient (Wildman–Crippen LogP) is 3.57. The summed E-state index contributed by atoms with van der Waals surface area (Å²) in [5.74, 6) is 0.816. The molecule has 0 atom stereocenters. The zero-order valence-electron chi connectivity index (χ0n) is 9.39. The number of methoxy groups -OCH3 is 1. The van der Waals surface area contributed by atoms with Crippen molar-refractivity contribution in [2.75, 3.05) is 7.11 Å². The van der Waals surface area contributed by atoms with Gasteiger partial charge in [-0.2, -0.15) is 5.26 Å². The number of hydrogen-bond donors (Lipinski definition) is 0. The highest BCUT2D eigenvalue weighted by Gasteiger charge is 2.23. The van der Waals surface area contributed by atoms with Crippen molar-refractivity contribution in [2.24, 2.45) is 0 Å². The summed E-state index contributed by atoms with van der Waals surface area (Å²) in [5.41, 5.74) is 1.49. The first-order chi connectivity index (χ1) is 6.92. The lowest BCUT2D eigenvalue weighted by molar-refractivity contribution is 0.410. The Labute approximate surface area is 99.0 Å². The van der Waals surface area contributed by atoms with E-state index in [1.54, 1.807) is 7.11 Å². The minimum atomic E-state index is -0.514. The van der Waals surface area contributed by atoms with Crippen LogP contribution in [0.4, 0.5) is 0 Å². The van der Waals surface area contributed by atoms with Gasteiger partial charge in [0.1, 0.15) is 5.75 Å². The van der Waals surface area contributed by atoms with E-state index in [0.717, 1.165) is 21.3 Å². The highest BCUT2D eigenvalue weighted by atomic mass is 79.9. The Bertz CT molecular complexity index is 418. The SMILES string of the molecule is COc1cc(C(C)(C)C#N)c(Br)cc1C. The minimum absolute atomic E-state index is 0.514. The van der Waals surface area contributed by atoms with Crippen LogP contribution in [0.15, 0.2) is 16.6 Å². The van der Waals surface area contributed by atoms with Crippen molar-refractivity contribution >= 4 is 15.9 Å². The second-order valence-corrected chi connectivity index (χ2v) is 4.89. The fraction of sp³-hybridized carbons (Fsp3) is 0.417. The first kappa shape index (κ1) is 12.1. The van der Waals surface area contributed by atoms with Crippen LogP contribution in [0.5, 0.6) is 5.75 Å². The van der Waals surface area contributed by atoms with E-state index < -0.39 is 5.41 Å². The maximum Gasteiger partial charge on any atom is 0.122 e. The summed E-state index contributed by atoms with van der Waals surface area (Å²) in [5, 5.41) is 9.09. The van der Waals surface area contributed by atoms with E-state index in [0.29, 0.717) is 0 Å². The summed E-state index contributed by atoms with van der Waals surface area (Å²) in [6, 6.07) is 6.18. The van der Waals surface area contributed by atoms with Gasteiger partial charge in [0.25, 0.3) is 0 Å². The molecule has 3 heteroatoms. The van der Waals surface area contributed by atoms with Gasteiger partial charge in [-0.3, -0.25) is 0 Å². The van der Waals surface area contributed by atoms with Gasteiger partial charge < -0.3 is 4.74 Å². The van der Waals surface area contributed by atoms with Crippen LogP contribution in [0.3, 0.4) is 0 Å². The van der Waals surface area contributed by atoms with Crippen LogP contribution in [0.1, 0.15) is 25.0 Å². The van der Waals surface area contributed by atoms with Gasteiger partial charge in [-0.1, -0.05) is 15.9 Å². The molecule has 15 heavy (non-hydrogen) atoms. The number of benzene rings is 1. The molecule has 1 rings (SSSR count). The van der Waals surface area contributed by atoms with Gasteiger partial charge in [-0.05, 0) is 44.0 Å². The average Bonchev–Trinajstić information content (AvgIpc) is 2.17. The standard InChI is InChI=1S/C12H14BrNO/c1-8-5-10(13)9(6-11(8)15-4)12(2,3)7-14/h5-6H,1-4H3. The lowest BCUT2D eigenvalue weighted by Crippen LogP contribution is -2.15. The lowest BCUT2D eigenvalue weighted by atomic mass is 9.86. The molecule has 0 aliphatic heterocycles. The molecule has 80 valence electrons. The maximum atomic E-state index is 9.09. The summed E-state index contributed by atoms with van der Waals surface area (Å²) < 4.78 is 6.20. The molecule has 0 heterocycles. The van der Waals surface area contributed by atoms with E-state index in [1.807, 2.05) is 32.9 Å². The summed E-state index contributed by atoms with van der Waals surface area (Å²) in [6.07, 6.45) is 0. The number of ether oxygens (including phenoxy) is 1. The zero-order valence-corrected chi connectivity index (χ0v) is 11.0. The second-order valence-electron chi connectivity index (χ2n) is 4.04. The molecule has 1 aromatic rings. The number of halogens is 1. The molecule has 0 bridgehead atoms. The minimum Gasteiger partial charge on any atom is -0.496 e. The molecule has 0 saturated heterocycles. The van der Waals surface area contributed by atoms with Crippen LogP contribution in [-0.2, 0) is 5.41 Å². The van der Waals surface area contributed by atoms with Crippen LogP contribution in [-0.4, -0.2) is 7.11 Å². The Morgan fingerprint density at radius 3 is 2.47 bits per heavy atom. The Balaban J connectivity index is 3.38.